The molecule has 3 aliphatic rings. The lowest BCUT2D eigenvalue weighted by Crippen LogP contribution is -2.41. The SMILES string of the molecule is Cn1c(SCCCN2CCC3(CC3c3ccc(C(F)(F)F)cc3F)C2)nnc1C1CCN(C(=O)OC(C)(C)C)CC1. The van der Waals surface area contributed by atoms with E-state index in [1.807, 2.05) is 27.8 Å². The van der Waals surface area contributed by atoms with Crippen LogP contribution in [0.25, 0.3) is 0 Å². The van der Waals surface area contributed by atoms with Gasteiger partial charge in [0, 0.05) is 38.4 Å². The average Bonchev–Trinajstić information content (AvgIpc) is 3.22. The molecule has 2 aromatic rings. The second-order valence-electron chi connectivity index (χ2n) is 12.7. The monoisotopic (exact) mass is 597 g/mol. The maximum atomic E-state index is 14.5. The number of halogens is 4. The van der Waals surface area contributed by atoms with Crippen molar-refractivity contribution in [3.63, 3.8) is 0 Å². The van der Waals surface area contributed by atoms with Crippen LogP contribution in [0.15, 0.2) is 23.4 Å². The number of aromatic nitrogens is 3. The van der Waals surface area contributed by atoms with Crippen LogP contribution >= 0.6 is 11.8 Å². The molecule has 226 valence electrons. The number of nitrogens with zero attached hydrogens (tertiary/aromatic N) is 5. The number of hydrogen-bond acceptors (Lipinski definition) is 6. The third-order valence-corrected chi connectivity index (χ3v) is 9.69. The van der Waals surface area contributed by atoms with Crippen molar-refractivity contribution >= 4 is 17.9 Å². The Bertz CT molecular complexity index is 1250. The van der Waals surface area contributed by atoms with Gasteiger partial charge < -0.3 is 19.1 Å². The van der Waals surface area contributed by atoms with Gasteiger partial charge in [0.15, 0.2) is 5.16 Å². The first-order valence-electron chi connectivity index (χ1n) is 14.3. The first-order chi connectivity index (χ1) is 19.3. The van der Waals surface area contributed by atoms with Crippen LogP contribution in [-0.2, 0) is 18.0 Å². The molecule has 12 heteroatoms. The molecule has 0 radical (unpaired) electrons. The number of thioether (sulfide) groups is 1. The van der Waals surface area contributed by atoms with E-state index in [0.717, 1.165) is 74.5 Å². The molecule has 0 bridgehead atoms. The van der Waals surface area contributed by atoms with Crippen molar-refractivity contribution in [1.29, 1.82) is 0 Å². The van der Waals surface area contributed by atoms with Gasteiger partial charge in [-0.05, 0) is 95.0 Å². The maximum Gasteiger partial charge on any atom is 0.416 e. The smallest absolute Gasteiger partial charge is 0.416 e. The molecular weight excluding hydrogens is 558 g/mol. The molecule has 3 heterocycles. The Hall–Kier alpha value is -2.34. The summed E-state index contributed by atoms with van der Waals surface area (Å²) in [6.07, 6.45) is -0.400. The second-order valence-corrected chi connectivity index (χ2v) is 13.8. The quantitative estimate of drug-likeness (QED) is 0.208. The second kappa shape index (κ2) is 11.4. The van der Waals surface area contributed by atoms with Gasteiger partial charge in [0.05, 0.1) is 5.56 Å². The Morgan fingerprint density at radius 1 is 1.15 bits per heavy atom. The molecule has 2 saturated heterocycles. The van der Waals surface area contributed by atoms with Crippen LogP contribution in [0.1, 0.15) is 81.7 Å². The van der Waals surface area contributed by atoms with Crippen LogP contribution in [0.2, 0.25) is 0 Å². The number of piperidine rings is 1. The highest BCUT2D eigenvalue weighted by Crippen LogP contribution is 2.64. The fraction of sp³-hybridized carbons (Fsp3) is 0.690. The summed E-state index contributed by atoms with van der Waals surface area (Å²) < 4.78 is 60.8. The molecule has 3 fully saturated rings. The fourth-order valence-corrected chi connectivity index (χ4v) is 7.15. The summed E-state index contributed by atoms with van der Waals surface area (Å²) >= 11 is 1.68. The van der Waals surface area contributed by atoms with Crippen LogP contribution < -0.4 is 0 Å². The van der Waals surface area contributed by atoms with Gasteiger partial charge in [-0.15, -0.1) is 10.2 Å². The molecule has 0 N–H and O–H groups in total. The average molecular weight is 598 g/mol. The van der Waals surface area contributed by atoms with E-state index in [0.29, 0.717) is 24.7 Å². The summed E-state index contributed by atoms with van der Waals surface area (Å²) in [7, 11) is 2.00. The van der Waals surface area contributed by atoms with E-state index in [-0.39, 0.29) is 23.3 Å². The minimum atomic E-state index is -4.53. The molecule has 1 saturated carbocycles. The first-order valence-corrected chi connectivity index (χ1v) is 15.3. The van der Waals surface area contributed by atoms with Crippen LogP contribution in [0.5, 0.6) is 0 Å². The molecule has 1 aromatic carbocycles. The summed E-state index contributed by atoms with van der Waals surface area (Å²) in [6, 6.07) is 2.96. The molecule has 2 unspecified atom stereocenters. The van der Waals surface area contributed by atoms with Crippen LogP contribution in [-0.4, -0.2) is 74.7 Å². The Morgan fingerprint density at radius 3 is 2.54 bits per heavy atom. The zero-order valence-corrected chi connectivity index (χ0v) is 25.0. The van der Waals surface area contributed by atoms with Gasteiger partial charge in [-0.2, -0.15) is 13.2 Å². The molecule has 7 nitrogen and oxygen atoms in total. The van der Waals surface area contributed by atoms with E-state index in [4.69, 9.17) is 4.74 Å². The molecule has 41 heavy (non-hydrogen) atoms. The lowest BCUT2D eigenvalue weighted by molar-refractivity contribution is -0.137. The number of rotatable bonds is 7. The van der Waals surface area contributed by atoms with E-state index >= 15 is 0 Å². The third-order valence-electron chi connectivity index (χ3n) is 8.59. The van der Waals surface area contributed by atoms with E-state index in [2.05, 4.69) is 19.7 Å². The molecule has 1 amide bonds. The van der Waals surface area contributed by atoms with Crippen molar-refractivity contribution in [1.82, 2.24) is 24.6 Å². The third kappa shape index (κ3) is 6.84. The number of ether oxygens (including phenoxy) is 1. The predicted octanol–water partition coefficient (Wildman–Crippen LogP) is 6.45. The highest BCUT2D eigenvalue weighted by Gasteiger charge is 2.58. The van der Waals surface area contributed by atoms with Crippen LogP contribution in [0.3, 0.4) is 0 Å². The first kappa shape index (κ1) is 30.1. The normalized spacial score (nSPS) is 23.9. The molecule has 2 aliphatic heterocycles. The molecular formula is C29H39F4N5O2S. The highest BCUT2D eigenvalue weighted by molar-refractivity contribution is 7.99. The fourth-order valence-electron chi connectivity index (χ4n) is 6.31. The standard InChI is InChI=1S/C29H39F4N5O2S/c1-27(2,3)40-26(39)38-12-8-19(9-13-38)24-34-35-25(36(24)4)41-15-5-11-37-14-10-28(18-37)17-22(28)21-7-6-20(16-23(21)30)29(31,32)33/h6-7,16,19,22H,5,8-15,17-18H2,1-4H3. The largest absolute Gasteiger partial charge is 0.444 e. The van der Waals surface area contributed by atoms with Gasteiger partial charge in [0.1, 0.15) is 17.2 Å². The van der Waals surface area contributed by atoms with Crippen molar-refractivity contribution in [2.45, 2.75) is 81.6 Å². The summed E-state index contributed by atoms with van der Waals surface area (Å²) in [5, 5.41) is 9.77. The molecule has 5 rings (SSSR count). The predicted molar refractivity (Wildman–Crippen MR) is 148 cm³/mol. The molecule has 1 aliphatic carbocycles. The van der Waals surface area contributed by atoms with E-state index in [1.165, 1.54) is 6.07 Å². The Balaban J connectivity index is 1.05. The summed E-state index contributed by atoms with van der Waals surface area (Å²) in [5.41, 5.74) is -1.03. The number of carbonyl (C=O) groups excluding carboxylic acids is 1. The number of amides is 1. The van der Waals surface area contributed by atoms with Gasteiger partial charge in [-0.25, -0.2) is 9.18 Å². The van der Waals surface area contributed by atoms with E-state index in [9.17, 15) is 22.4 Å². The topological polar surface area (TPSA) is 63.5 Å². The number of hydrogen-bond donors (Lipinski definition) is 0. The van der Waals surface area contributed by atoms with Crippen molar-refractivity contribution in [2.24, 2.45) is 12.5 Å². The van der Waals surface area contributed by atoms with Gasteiger partial charge >= 0.3 is 12.3 Å². The van der Waals surface area contributed by atoms with E-state index < -0.39 is 23.2 Å². The Morgan fingerprint density at radius 2 is 1.88 bits per heavy atom. The van der Waals surface area contributed by atoms with Crippen LogP contribution in [0.4, 0.5) is 22.4 Å². The lowest BCUT2D eigenvalue weighted by Gasteiger charge is -2.33. The van der Waals surface area contributed by atoms with Crippen LogP contribution in [0, 0.1) is 11.2 Å². The zero-order valence-electron chi connectivity index (χ0n) is 24.1. The number of likely N-dealkylation sites (tertiary alicyclic amines) is 2. The van der Waals surface area contributed by atoms with Crippen molar-refractivity contribution in [3.05, 3.63) is 41.0 Å². The van der Waals surface area contributed by atoms with E-state index in [1.54, 1.807) is 16.7 Å². The minimum absolute atomic E-state index is 0.00257. The summed E-state index contributed by atoms with van der Waals surface area (Å²) in [4.78, 5) is 16.5. The molecule has 2 atom stereocenters. The van der Waals surface area contributed by atoms with Crippen molar-refractivity contribution < 1.29 is 27.1 Å². The summed E-state index contributed by atoms with van der Waals surface area (Å²) in [6.45, 7) is 9.60. The van der Waals surface area contributed by atoms with Gasteiger partial charge in [0.25, 0.3) is 0 Å². The Labute approximate surface area is 243 Å². The van der Waals surface area contributed by atoms with Gasteiger partial charge in [-0.1, -0.05) is 17.8 Å². The van der Waals surface area contributed by atoms with Gasteiger partial charge in [-0.3, -0.25) is 0 Å². The minimum Gasteiger partial charge on any atom is -0.444 e. The zero-order chi connectivity index (χ0) is 29.6. The van der Waals surface area contributed by atoms with Crippen molar-refractivity contribution in [3.8, 4) is 0 Å². The Kier molecular flexibility index (Phi) is 8.37. The van der Waals surface area contributed by atoms with Crippen molar-refractivity contribution in [2.75, 3.05) is 38.5 Å². The maximum absolute atomic E-state index is 14.5. The lowest BCUT2D eigenvalue weighted by atomic mass is 9.96. The number of alkyl halides is 3. The molecule has 1 spiro atoms. The highest BCUT2D eigenvalue weighted by atomic mass is 32.2. The van der Waals surface area contributed by atoms with Gasteiger partial charge in [0.2, 0.25) is 0 Å². The molecule has 1 aromatic heterocycles. The number of benzene rings is 1. The number of carbonyl (C=O) groups is 1. The summed E-state index contributed by atoms with van der Waals surface area (Å²) in [5.74, 6) is 1.35.